The molecule has 6 nitrogen and oxygen atoms in total. The second kappa shape index (κ2) is 8.19. The number of fused-ring (bicyclic) bond motifs is 3. The maximum atomic E-state index is 12.7. The summed E-state index contributed by atoms with van der Waals surface area (Å²) in [6.07, 6.45) is 7.81. The maximum Gasteiger partial charge on any atom is 0.246 e. The number of likely N-dealkylation sites (N-methyl/N-ethyl adjacent to an activating group) is 1. The Morgan fingerprint density at radius 1 is 1.39 bits per heavy atom. The molecule has 0 unspecified atom stereocenters. The number of aryl methyl sites for hydroxylation is 1. The third-order valence-corrected chi connectivity index (χ3v) is 6.48. The van der Waals surface area contributed by atoms with Gasteiger partial charge in [-0.15, -0.1) is 0 Å². The van der Waals surface area contributed by atoms with E-state index in [1.54, 1.807) is 18.0 Å². The molecule has 0 bridgehead atoms. The Hall–Kier alpha value is -3.12. The summed E-state index contributed by atoms with van der Waals surface area (Å²) in [6, 6.07) is 10.7. The maximum absolute atomic E-state index is 12.7. The quantitative estimate of drug-likeness (QED) is 0.646. The van der Waals surface area contributed by atoms with E-state index in [4.69, 9.17) is 4.42 Å². The lowest BCUT2D eigenvalue weighted by Gasteiger charge is -2.20. The van der Waals surface area contributed by atoms with Crippen molar-refractivity contribution in [2.45, 2.75) is 38.9 Å². The molecular formula is C25H28N4O2. The monoisotopic (exact) mass is 416 g/mol. The zero-order chi connectivity index (χ0) is 21.4. The summed E-state index contributed by atoms with van der Waals surface area (Å²) < 4.78 is 5.95. The van der Waals surface area contributed by atoms with Crippen molar-refractivity contribution in [2.24, 2.45) is 0 Å². The predicted molar refractivity (Wildman–Crippen MR) is 123 cm³/mol. The minimum Gasteiger partial charge on any atom is -0.459 e. The summed E-state index contributed by atoms with van der Waals surface area (Å²) in [5.41, 5.74) is 4.09. The first-order valence-corrected chi connectivity index (χ1v) is 11.0. The first-order valence-electron chi connectivity index (χ1n) is 11.0. The molecule has 1 amide bonds. The molecule has 0 spiro atoms. The Kier molecular flexibility index (Phi) is 5.24. The van der Waals surface area contributed by atoms with Gasteiger partial charge in [0.2, 0.25) is 5.91 Å². The van der Waals surface area contributed by atoms with Crippen molar-refractivity contribution in [3.8, 4) is 0 Å². The van der Waals surface area contributed by atoms with Crippen LogP contribution in [-0.4, -0.2) is 46.9 Å². The molecule has 31 heavy (non-hydrogen) atoms. The fraction of sp³-hybridized carbons (Fsp3) is 0.360. The van der Waals surface area contributed by atoms with Crippen LogP contribution in [0.15, 0.2) is 47.0 Å². The highest BCUT2D eigenvalue weighted by molar-refractivity contribution is 5.91. The summed E-state index contributed by atoms with van der Waals surface area (Å²) in [6.45, 7) is 5.50. The molecule has 1 N–H and O–H groups in total. The highest BCUT2D eigenvalue weighted by atomic mass is 16.3. The lowest BCUT2D eigenvalue weighted by molar-refractivity contribution is -0.125. The second-order valence-corrected chi connectivity index (χ2v) is 8.60. The van der Waals surface area contributed by atoms with Gasteiger partial charge in [0.25, 0.3) is 0 Å². The summed E-state index contributed by atoms with van der Waals surface area (Å²) in [7, 11) is 1.80. The summed E-state index contributed by atoms with van der Waals surface area (Å²) in [4.78, 5) is 21.5. The fourth-order valence-corrected chi connectivity index (χ4v) is 4.63. The van der Waals surface area contributed by atoms with Crippen molar-refractivity contribution in [1.82, 2.24) is 14.8 Å². The molecule has 2 aromatic heterocycles. The number of hydrogen-bond acceptors (Lipinski definition) is 5. The van der Waals surface area contributed by atoms with E-state index in [-0.39, 0.29) is 5.91 Å². The van der Waals surface area contributed by atoms with Crippen LogP contribution in [0.5, 0.6) is 0 Å². The number of amides is 1. The fourth-order valence-electron chi connectivity index (χ4n) is 4.63. The average molecular weight is 417 g/mol. The van der Waals surface area contributed by atoms with Crippen molar-refractivity contribution < 1.29 is 9.21 Å². The Bertz CT molecular complexity index is 1150. The predicted octanol–water partition coefficient (Wildman–Crippen LogP) is 4.20. The van der Waals surface area contributed by atoms with Gasteiger partial charge < -0.3 is 14.6 Å². The third-order valence-electron chi connectivity index (χ3n) is 6.48. The zero-order valence-electron chi connectivity index (χ0n) is 18.1. The number of rotatable bonds is 4. The van der Waals surface area contributed by atoms with E-state index in [2.05, 4.69) is 21.3 Å². The van der Waals surface area contributed by atoms with Crippen LogP contribution in [-0.2, 0) is 17.9 Å². The highest BCUT2D eigenvalue weighted by Crippen LogP contribution is 2.28. The summed E-state index contributed by atoms with van der Waals surface area (Å²) in [5.74, 6) is 1.73. The number of nitrogens with zero attached hydrogens (tertiary/aromatic N) is 3. The average Bonchev–Trinajstić information content (AvgIpc) is 3.30. The van der Waals surface area contributed by atoms with Gasteiger partial charge in [0.1, 0.15) is 17.2 Å². The molecule has 3 aromatic rings. The zero-order valence-corrected chi connectivity index (χ0v) is 18.1. The molecule has 2 aliphatic heterocycles. The smallest absolute Gasteiger partial charge is 0.246 e. The number of nitrogens with one attached hydrogen (secondary N) is 1. The Balaban J connectivity index is 1.27. The van der Waals surface area contributed by atoms with Crippen molar-refractivity contribution in [3.63, 3.8) is 0 Å². The van der Waals surface area contributed by atoms with Crippen LogP contribution < -0.4 is 5.32 Å². The van der Waals surface area contributed by atoms with Crippen LogP contribution in [0.3, 0.4) is 0 Å². The Morgan fingerprint density at radius 2 is 2.26 bits per heavy atom. The molecule has 0 radical (unpaired) electrons. The number of benzene rings is 1. The molecule has 6 heteroatoms. The van der Waals surface area contributed by atoms with Gasteiger partial charge in [-0.25, -0.2) is 4.98 Å². The normalized spacial score (nSPS) is 18.6. The van der Waals surface area contributed by atoms with Crippen molar-refractivity contribution in [3.05, 3.63) is 65.1 Å². The second-order valence-electron chi connectivity index (χ2n) is 8.60. The van der Waals surface area contributed by atoms with Gasteiger partial charge in [0.15, 0.2) is 0 Å². The van der Waals surface area contributed by atoms with E-state index in [1.165, 1.54) is 18.4 Å². The van der Waals surface area contributed by atoms with Crippen LogP contribution >= 0.6 is 0 Å². The summed E-state index contributed by atoms with van der Waals surface area (Å²) in [5, 5.41) is 4.58. The van der Waals surface area contributed by atoms with Gasteiger partial charge >= 0.3 is 0 Å². The van der Waals surface area contributed by atoms with Crippen molar-refractivity contribution in [2.75, 3.05) is 25.5 Å². The van der Waals surface area contributed by atoms with Gasteiger partial charge in [-0.05, 0) is 50.1 Å². The van der Waals surface area contributed by atoms with E-state index in [0.29, 0.717) is 12.6 Å². The first kappa shape index (κ1) is 19.8. The Labute approximate surface area is 182 Å². The van der Waals surface area contributed by atoms with E-state index in [9.17, 15) is 4.79 Å². The molecular weight excluding hydrogens is 388 g/mol. The number of anilines is 1. The molecule has 160 valence electrons. The Morgan fingerprint density at radius 3 is 3.13 bits per heavy atom. The number of carbonyl (C=O) groups excluding carboxylic acids is 1. The highest BCUT2D eigenvalue weighted by Gasteiger charge is 2.28. The topological polar surface area (TPSA) is 61.6 Å². The number of hydrogen-bond donors (Lipinski definition) is 1. The molecule has 0 aliphatic carbocycles. The van der Waals surface area contributed by atoms with Crippen LogP contribution in [0.2, 0.25) is 0 Å². The van der Waals surface area contributed by atoms with Gasteiger partial charge in [-0.1, -0.05) is 18.2 Å². The largest absolute Gasteiger partial charge is 0.459 e. The van der Waals surface area contributed by atoms with E-state index < -0.39 is 0 Å². The summed E-state index contributed by atoms with van der Waals surface area (Å²) >= 11 is 0. The standard InChI is InChI=1S/C25H28N4O2/c1-17-21-7-3-4-8-22(21)31-23(17)16-28(2)24(30)10-9-18-12-19-15-29-11-5-6-20(29)14-27-25(19)26-13-18/h3-4,7-10,12-13,20H,5-6,11,14-16H2,1-2H3,(H,26,27)/b10-9+/t20-/m0/s1. The molecule has 2 aliphatic rings. The van der Waals surface area contributed by atoms with Crippen LogP contribution in [0.25, 0.3) is 17.0 Å². The molecule has 1 aromatic carbocycles. The van der Waals surface area contributed by atoms with Crippen LogP contribution in [0, 0.1) is 6.92 Å². The molecule has 1 saturated heterocycles. The minimum atomic E-state index is -0.0625. The number of aromatic nitrogens is 1. The van der Waals surface area contributed by atoms with E-state index in [1.807, 2.05) is 43.5 Å². The lowest BCUT2D eigenvalue weighted by Crippen LogP contribution is -2.31. The van der Waals surface area contributed by atoms with Gasteiger partial charge in [-0.2, -0.15) is 0 Å². The number of furan rings is 1. The molecule has 4 heterocycles. The minimum absolute atomic E-state index is 0.0625. The van der Waals surface area contributed by atoms with Gasteiger partial charge in [-0.3, -0.25) is 9.69 Å². The van der Waals surface area contributed by atoms with Gasteiger partial charge in [0.05, 0.1) is 6.54 Å². The molecule has 1 fully saturated rings. The molecule has 0 saturated carbocycles. The van der Waals surface area contributed by atoms with E-state index >= 15 is 0 Å². The molecule has 1 atom stereocenters. The number of para-hydroxylation sites is 1. The lowest BCUT2D eigenvalue weighted by atomic mass is 10.1. The van der Waals surface area contributed by atoms with Crippen LogP contribution in [0.4, 0.5) is 5.82 Å². The first-order chi connectivity index (χ1) is 15.1. The van der Waals surface area contributed by atoms with Crippen LogP contribution in [0.1, 0.15) is 35.3 Å². The molecule has 5 rings (SSSR count). The van der Waals surface area contributed by atoms with Gasteiger partial charge in [0, 0.05) is 55.0 Å². The van der Waals surface area contributed by atoms with E-state index in [0.717, 1.165) is 53.3 Å². The number of carbonyl (C=O) groups is 1. The SMILES string of the molecule is Cc1c(CN(C)C(=O)/C=C/c2cnc3c(c2)CN2CCC[C@H]2CN3)oc2ccccc12. The third kappa shape index (κ3) is 3.95. The number of pyridine rings is 1. The van der Waals surface area contributed by atoms with Crippen molar-refractivity contribution in [1.29, 1.82) is 0 Å². The van der Waals surface area contributed by atoms with Crippen molar-refractivity contribution >= 4 is 28.8 Å².